The molecule has 1 amide bonds. The summed E-state index contributed by atoms with van der Waals surface area (Å²) in [5.41, 5.74) is 2.17. The van der Waals surface area contributed by atoms with Gasteiger partial charge in [-0.3, -0.25) is 9.48 Å². The number of amides is 1. The fourth-order valence-electron chi connectivity index (χ4n) is 4.06. The van der Waals surface area contributed by atoms with E-state index in [9.17, 15) is 22.4 Å². The fraction of sp³-hybridized carbons (Fsp3) is 0.273. The normalized spacial score (nSPS) is 15.7. The van der Waals surface area contributed by atoms with Crippen LogP contribution in [-0.2, 0) is 13.5 Å². The number of aromatic nitrogens is 2. The number of para-hydroxylation sites is 1. The van der Waals surface area contributed by atoms with Crippen molar-refractivity contribution in [1.29, 1.82) is 0 Å². The van der Waals surface area contributed by atoms with E-state index < -0.39 is 30.4 Å². The van der Waals surface area contributed by atoms with Gasteiger partial charge in [-0.1, -0.05) is 12.1 Å². The highest BCUT2D eigenvalue weighted by molar-refractivity contribution is 5.97. The standard InChI is InChI=1S/C22H19F4N3O2/c1-12-20-15(21(28(2)27-20)13-9-16(24)19(26)17(25)10-13)7-8-29(12)22(30)14-5-3-4-6-18(14)31-11-23/h3-6,9-10,12H,7-8,11H2,1-2H3/t12-/m0/s1. The van der Waals surface area contributed by atoms with E-state index in [1.807, 2.05) is 0 Å². The molecular weight excluding hydrogens is 414 g/mol. The highest BCUT2D eigenvalue weighted by Crippen LogP contribution is 2.37. The second-order valence-electron chi connectivity index (χ2n) is 7.26. The van der Waals surface area contributed by atoms with Gasteiger partial charge in [0.05, 0.1) is 23.0 Å². The summed E-state index contributed by atoms with van der Waals surface area (Å²) in [5, 5.41) is 4.47. The number of benzene rings is 2. The van der Waals surface area contributed by atoms with Crippen molar-refractivity contribution in [3.05, 3.63) is 70.7 Å². The average Bonchev–Trinajstić information content (AvgIpc) is 3.09. The maximum Gasteiger partial charge on any atom is 0.258 e. The van der Waals surface area contributed by atoms with E-state index in [-0.39, 0.29) is 22.8 Å². The largest absolute Gasteiger partial charge is 0.462 e. The van der Waals surface area contributed by atoms with Crippen LogP contribution in [-0.4, -0.2) is 34.0 Å². The fourth-order valence-corrected chi connectivity index (χ4v) is 4.06. The highest BCUT2D eigenvalue weighted by Gasteiger charge is 2.34. The minimum atomic E-state index is -1.53. The van der Waals surface area contributed by atoms with Gasteiger partial charge in [-0.15, -0.1) is 0 Å². The van der Waals surface area contributed by atoms with Crippen molar-refractivity contribution in [2.45, 2.75) is 19.4 Å². The summed E-state index contributed by atoms with van der Waals surface area (Å²) in [4.78, 5) is 14.7. The van der Waals surface area contributed by atoms with E-state index in [1.165, 1.54) is 10.7 Å². The van der Waals surface area contributed by atoms with Crippen LogP contribution in [0.5, 0.6) is 5.75 Å². The molecule has 31 heavy (non-hydrogen) atoms. The number of carbonyl (C=O) groups is 1. The number of carbonyl (C=O) groups excluding carboxylic acids is 1. The van der Waals surface area contributed by atoms with Gasteiger partial charge in [0, 0.05) is 24.7 Å². The highest BCUT2D eigenvalue weighted by atomic mass is 19.2. The lowest BCUT2D eigenvalue weighted by atomic mass is 9.95. The summed E-state index contributed by atoms with van der Waals surface area (Å²) in [7, 11) is 1.62. The Morgan fingerprint density at radius 2 is 1.87 bits per heavy atom. The van der Waals surface area contributed by atoms with Crippen LogP contribution in [0.15, 0.2) is 36.4 Å². The van der Waals surface area contributed by atoms with Gasteiger partial charge in [0.25, 0.3) is 5.91 Å². The molecule has 4 rings (SSSR count). The quantitative estimate of drug-likeness (QED) is 0.447. The first-order valence-electron chi connectivity index (χ1n) is 9.63. The molecule has 0 N–H and O–H groups in total. The van der Waals surface area contributed by atoms with Gasteiger partial charge in [0.1, 0.15) is 5.75 Å². The van der Waals surface area contributed by atoms with Gasteiger partial charge in [0.2, 0.25) is 6.86 Å². The number of aryl methyl sites for hydroxylation is 1. The number of fused-ring (bicyclic) bond motifs is 1. The Morgan fingerprint density at radius 1 is 1.19 bits per heavy atom. The van der Waals surface area contributed by atoms with Crippen LogP contribution in [0.1, 0.15) is 34.6 Å². The van der Waals surface area contributed by atoms with Gasteiger partial charge < -0.3 is 9.64 Å². The lowest BCUT2D eigenvalue weighted by molar-refractivity contribution is 0.0666. The van der Waals surface area contributed by atoms with Gasteiger partial charge in [0.15, 0.2) is 17.5 Å². The number of ether oxygens (including phenoxy) is 1. The van der Waals surface area contributed by atoms with Crippen molar-refractivity contribution < 1.29 is 27.1 Å². The number of alkyl halides is 1. The second kappa shape index (κ2) is 8.05. The number of nitrogens with zero attached hydrogens (tertiary/aromatic N) is 3. The lowest BCUT2D eigenvalue weighted by Gasteiger charge is -2.33. The van der Waals surface area contributed by atoms with E-state index in [4.69, 9.17) is 4.74 Å². The predicted octanol–water partition coefficient (Wildman–Crippen LogP) is 4.57. The molecule has 3 aromatic rings. The van der Waals surface area contributed by atoms with Crippen molar-refractivity contribution in [2.75, 3.05) is 13.4 Å². The molecular formula is C22H19F4N3O2. The Morgan fingerprint density at radius 3 is 2.55 bits per heavy atom. The molecule has 0 radical (unpaired) electrons. The first kappa shape index (κ1) is 20.9. The summed E-state index contributed by atoms with van der Waals surface area (Å²) in [5.74, 6) is -4.29. The topological polar surface area (TPSA) is 47.4 Å². The number of rotatable bonds is 4. The minimum Gasteiger partial charge on any atom is -0.462 e. The third-order valence-corrected chi connectivity index (χ3v) is 5.49. The predicted molar refractivity (Wildman–Crippen MR) is 105 cm³/mol. The number of hydrogen-bond acceptors (Lipinski definition) is 3. The molecule has 1 aliphatic heterocycles. The van der Waals surface area contributed by atoms with E-state index in [1.54, 1.807) is 37.1 Å². The molecule has 9 heteroatoms. The van der Waals surface area contributed by atoms with Crippen LogP contribution in [0.2, 0.25) is 0 Å². The van der Waals surface area contributed by atoms with Crippen LogP contribution < -0.4 is 4.74 Å². The molecule has 1 atom stereocenters. The van der Waals surface area contributed by atoms with Crippen LogP contribution in [0.3, 0.4) is 0 Å². The van der Waals surface area contributed by atoms with Crippen LogP contribution in [0, 0.1) is 17.5 Å². The monoisotopic (exact) mass is 433 g/mol. The Hall–Kier alpha value is -3.36. The molecule has 2 heterocycles. The van der Waals surface area contributed by atoms with Crippen LogP contribution in [0.25, 0.3) is 11.3 Å². The Labute approximate surface area is 175 Å². The van der Waals surface area contributed by atoms with Crippen LogP contribution in [0.4, 0.5) is 17.6 Å². The van der Waals surface area contributed by atoms with Gasteiger partial charge in [-0.2, -0.15) is 5.10 Å². The number of hydrogen-bond donors (Lipinski definition) is 0. The molecule has 0 saturated heterocycles. The molecule has 5 nitrogen and oxygen atoms in total. The van der Waals surface area contributed by atoms with Gasteiger partial charge in [-0.25, -0.2) is 17.6 Å². The third-order valence-electron chi connectivity index (χ3n) is 5.49. The molecule has 162 valence electrons. The van der Waals surface area contributed by atoms with Crippen molar-refractivity contribution in [3.8, 4) is 17.0 Å². The van der Waals surface area contributed by atoms with E-state index >= 15 is 0 Å². The summed E-state index contributed by atoms with van der Waals surface area (Å²) in [6, 6.07) is 7.79. The maximum atomic E-state index is 13.8. The van der Waals surface area contributed by atoms with Gasteiger partial charge in [-0.05, 0) is 37.6 Å². The molecule has 0 unspecified atom stereocenters. The lowest BCUT2D eigenvalue weighted by Crippen LogP contribution is -2.39. The molecule has 0 saturated carbocycles. The van der Waals surface area contributed by atoms with Crippen LogP contribution >= 0.6 is 0 Å². The van der Waals surface area contributed by atoms with Crippen molar-refractivity contribution >= 4 is 5.91 Å². The molecule has 1 aromatic heterocycles. The Kier molecular flexibility index (Phi) is 5.43. The Balaban J connectivity index is 1.71. The van der Waals surface area contributed by atoms with E-state index in [0.29, 0.717) is 24.4 Å². The van der Waals surface area contributed by atoms with Crippen molar-refractivity contribution in [1.82, 2.24) is 14.7 Å². The second-order valence-corrected chi connectivity index (χ2v) is 7.26. The SMILES string of the molecule is C[C@H]1c2nn(C)c(-c3cc(F)c(F)c(F)c3)c2CCN1C(=O)c1ccccc1OCF. The molecule has 2 aromatic carbocycles. The van der Waals surface area contributed by atoms with Gasteiger partial charge >= 0.3 is 0 Å². The first-order valence-corrected chi connectivity index (χ1v) is 9.63. The summed E-state index contributed by atoms with van der Waals surface area (Å²) in [6.07, 6.45) is 0.376. The molecule has 0 spiro atoms. The maximum absolute atomic E-state index is 13.8. The first-order chi connectivity index (χ1) is 14.8. The van der Waals surface area contributed by atoms with E-state index in [2.05, 4.69) is 5.10 Å². The average molecular weight is 433 g/mol. The smallest absolute Gasteiger partial charge is 0.258 e. The Bertz CT molecular complexity index is 1140. The zero-order chi connectivity index (χ0) is 22.3. The third kappa shape index (κ3) is 3.54. The number of halogens is 4. The van der Waals surface area contributed by atoms with Crippen molar-refractivity contribution in [2.24, 2.45) is 7.05 Å². The summed E-state index contributed by atoms with van der Waals surface area (Å²) < 4.78 is 60.1. The summed E-state index contributed by atoms with van der Waals surface area (Å²) in [6.45, 7) is 1.04. The zero-order valence-corrected chi connectivity index (χ0v) is 16.8. The molecule has 0 aliphatic carbocycles. The zero-order valence-electron chi connectivity index (χ0n) is 16.8. The molecule has 0 bridgehead atoms. The molecule has 0 fully saturated rings. The van der Waals surface area contributed by atoms with Crippen molar-refractivity contribution in [3.63, 3.8) is 0 Å². The minimum absolute atomic E-state index is 0.145. The summed E-state index contributed by atoms with van der Waals surface area (Å²) >= 11 is 0. The molecule has 1 aliphatic rings. The van der Waals surface area contributed by atoms with E-state index in [0.717, 1.165) is 17.7 Å².